The number of likely N-dealkylation sites (N-methyl/N-ethyl adjacent to an activating group) is 1. The average molecular weight is 369 g/mol. The number of para-hydroxylation sites is 1. The van der Waals surface area contributed by atoms with Gasteiger partial charge in [-0.05, 0) is 37.2 Å². The Morgan fingerprint density at radius 1 is 1.00 bits per heavy atom. The van der Waals surface area contributed by atoms with E-state index in [2.05, 4.69) is 10.6 Å². The first-order chi connectivity index (χ1) is 13.0. The van der Waals surface area contributed by atoms with E-state index in [0.29, 0.717) is 17.2 Å². The highest BCUT2D eigenvalue weighted by Crippen LogP contribution is 2.34. The molecule has 2 N–H and O–H groups in total. The van der Waals surface area contributed by atoms with Gasteiger partial charge in [-0.3, -0.25) is 14.5 Å². The third-order valence-corrected chi connectivity index (χ3v) is 4.16. The first-order valence-electron chi connectivity index (χ1n) is 8.81. The summed E-state index contributed by atoms with van der Waals surface area (Å²) >= 11 is 0. The number of fused-ring (bicyclic) bond motifs is 1. The summed E-state index contributed by atoms with van der Waals surface area (Å²) in [6.07, 6.45) is 0.838. The quantitative estimate of drug-likeness (QED) is 0.784. The SMILES string of the molecule is CCc1ccccc1NC(=O)CN(C)CC(=O)Nc1ccc2c(c1)OCO2. The minimum atomic E-state index is -0.210. The lowest BCUT2D eigenvalue weighted by Crippen LogP contribution is -2.36. The highest BCUT2D eigenvalue weighted by atomic mass is 16.7. The van der Waals surface area contributed by atoms with E-state index in [1.165, 1.54) is 0 Å². The van der Waals surface area contributed by atoms with Gasteiger partial charge in [-0.2, -0.15) is 0 Å². The fourth-order valence-electron chi connectivity index (χ4n) is 2.86. The van der Waals surface area contributed by atoms with Gasteiger partial charge in [-0.15, -0.1) is 0 Å². The van der Waals surface area contributed by atoms with E-state index < -0.39 is 0 Å². The molecule has 2 amide bonds. The van der Waals surface area contributed by atoms with E-state index in [0.717, 1.165) is 17.7 Å². The lowest BCUT2D eigenvalue weighted by molar-refractivity contribution is -0.119. The number of nitrogens with zero attached hydrogens (tertiary/aromatic N) is 1. The number of carbonyl (C=O) groups excluding carboxylic acids is 2. The van der Waals surface area contributed by atoms with Crippen molar-refractivity contribution in [3.05, 3.63) is 48.0 Å². The Hall–Kier alpha value is -3.06. The van der Waals surface area contributed by atoms with Crippen molar-refractivity contribution < 1.29 is 19.1 Å². The molecule has 1 aliphatic rings. The normalized spacial score (nSPS) is 12.1. The van der Waals surface area contributed by atoms with Gasteiger partial charge in [0.05, 0.1) is 13.1 Å². The van der Waals surface area contributed by atoms with Crippen molar-refractivity contribution in [3.63, 3.8) is 0 Å². The van der Waals surface area contributed by atoms with Gasteiger partial charge in [0, 0.05) is 17.4 Å². The summed E-state index contributed by atoms with van der Waals surface area (Å²) in [5, 5.41) is 5.70. The van der Waals surface area contributed by atoms with Crippen LogP contribution >= 0.6 is 0 Å². The fraction of sp³-hybridized carbons (Fsp3) is 0.300. The number of hydrogen-bond donors (Lipinski definition) is 2. The topological polar surface area (TPSA) is 79.9 Å². The van der Waals surface area contributed by atoms with E-state index in [1.54, 1.807) is 30.1 Å². The third-order valence-electron chi connectivity index (χ3n) is 4.16. The van der Waals surface area contributed by atoms with Crippen molar-refractivity contribution in [2.75, 3.05) is 37.6 Å². The highest BCUT2D eigenvalue weighted by molar-refractivity contribution is 5.95. The minimum Gasteiger partial charge on any atom is -0.454 e. The van der Waals surface area contributed by atoms with E-state index in [9.17, 15) is 9.59 Å². The number of rotatable bonds is 7. The molecule has 0 saturated heterocycles. The molecular weight excluding hydrogens is 346 g/mol. The van der Waals surface area contributed by atoms with Gasteiger partial charge in [0.25, 0.3) is 0 Å². The Bertz CT molecular complexity index is 838. The number of benzene rings is 2. The van der Waals surface area contributed by atoms with Crippen molar-refractivity contribution in [1.29, 1.82) is 0 Å². The Labute approximate surface area is 158 Å². The Morgan fingerprint density at radius 2 is 1.70 bits per heavy atom. The lowest BCUT2D eigenvalue weighted by atomic mass is 10.1. The number of amides is 2. The molecule has 3 rings (SSSR count). The van der Waals surface area contributed by atoms with E-state index >= 15 is 0 Å². The van der Waals surface area contributed by atoms with Crippen LogP contribution in [0.2, 0.25) is 0 Å². The molecule has 1 aliphatic heterocycles. The molecule has 0 bridgehead atoms. The number of carbonyl (C=O) groups is 2. The van der Waals surface area contributed by atoms with Crippen LogP contribution < -0.4 is 20.1 Å². The van der Waals surface area contributed by atoms with Crippen LogP contribution in [0.5, 0.6) is 11.5 Å². The number of hydrogen-bond acceptors (Lipinski definition) is 5. The number of anilines is 2. The molecule has 0 aromatic heterocycles. The van der Waals surface area contributed by atoms with Crippen LogP contribution in [0.1, 0.15) is 12.5 Å². The molecule has 2 aromatic carbocycles. The summed E-state index contributed by atoms with van der Waals surface area (Å²) in [4.78, 5) is 26.1. The van der Waals surface area contributed by atoms with Crippen molar-refractivity contribution in [2.45, 2.75) is 13.3 Å². The maximum absolute atomic E-state index is 12.2. The molecule has 142 valence electrons. The summed E-state index contributed by atoms with van der Waals surface area (Å²) in [7, 11) is 1.73. The second kappa shape index (κ2) is 8.55. The van der Waals surface area contributed by atoms with E-state index in [1.807, 2.05) is 31.2 Å². The lowest BCUT2D eigenvalue weighted by Gasteiger charge is -2.17. The summed E-state index contributed by atoms with van der Waals surface area (Å²) < 4.78 is 10.5. The molecule has 0 radical (unpaired) electrons. The molecule has 1 heterocycles. The first kappa shape index (κ1) is 18.7. The van der Waals surface area contributed by atoms with Gasteiger partial charge in [-0.1, -0.05) is 25.1 Å². The second-order valence-electron chi connectivity index (χ2n) is 6.35. The van der Waals surface area contributed by atoms with Gasteiger partial charge < -0.3 is 20.1 Å². The molecule has 0 saturated carbocycles. The number of aryl methyl sites for hydroxylation is 1. The number of nitrogens with one attached hydrogen (secondary N) is 2. The zero-order chi connectivity index (χ0) is 19.2. The second-order valence-corrected chi connectivity index (χ2v) is 6.35. The third kappa shape index (κ3) is 4.98. The zero-order valence-corrected chi connectivity index (χ0v) is 15.5. The smallest absolute Gasteiger partial charge is 0.238 e. The molecule has 2 aromatic rings. The van der Waals surface area contributed by atoms with Crippen LogP contribution in [-0.4, -0.2) is 43.6 Å². The molecule has 0 aliphatic carbocycles. The number of ether oxygens (including phenoxy) is 2. The van der Waals surface area contributed by atoms with Crippen molar-refractivity contribution >= 4 is 23.2 Å². The summed E-state index contributed by atoms with van der Waals surface area (Å²) in [6.45, 7) is 2.44. The standard InChI is InChI=1S/C20H23N3O4/c1-3-14-6-4-5-7-16(14)22-20(25)12-23(2)11-19(24)21-15-8-9-17-18(10-15)27-13-26-17/h4-10H,3,11-13H2,1-2H3,(H,21,24)(H,22,25). The Morgan fingerprint density at radius 3 is 2.48 bits per heavy atom. The maximum Gasteiger partial charge on any atom is 0.238 e. The van der Waals surface area contributed by atoms with Gasteiger partial charge in [0.1, 0.15) is 0 Å². The molecule has 0 spiro atoms. The van der Waals surface area contributed by atoms with Crippen molar-refractivity contribution in [3.8, 4) is 11.5 Å². The highest BCUT2D eigenvalue weighted by Gasteiger charge is 2.15. The van der Waals surface area contributed by atoms with Crippen molar-refractivity contribution in [2.24, 2.45) is 0 Å². The predicted molar refractivity (Wildman–Crippen MR) is 103 cm³/mol. The minimum absolute atomic E-state index is 0.0945. The van der Waals surface area contributed by atoms with Crippen LogP contribution in [-0.2, 0) is 16.0 Å². The van der Waals surface area contributed by atoms with Gasteiger partial charge in [0.15, 0.2) is 11.5 Å². The summed E-state index contributed by atoms with van der Waals surface area (Å²) in [5.41, 5.74) is 2.51. The Balaban J connectivity index is 1.49. The molecule has 0 unspecified atom stereocenters. The van der Waals surface area contributed by atoms with Crippen LogP contribution in [0, 0.1) is 0 Å². The molecule has 7 nitrogen and oxygen atoms in total. The van der Waals surface area contributed by atoms with E-state index in [4.69, 9.17) is 9.47 Å². The first-order valence-corrected chi connectivity index (χ1v) is 8.81. The maximum atomic E-state index is 12.2. The summed E-state index contributed by atoms with van der Waals surface area (Å²) in [6, 6.07) is 12.9. The molecule has 0 fully saturated rings. The van der Waals surface area contributed by atoms with Crippen LogP contribution in [0.3, 0.4) is 0 Å². The van der Waals surface area contributed by atoms with E-state index in [-0.39, 0.29) is 31.7 Å². The largest absolute Gasteiger partial charge is 0.454 e. The fourth-order valence-corrected chi connectivity index (χ4v) is 2.86. The summed E-state index contributed by atoms with van der Waals surface area (Å²) in [5.74, 6) is 0.900. The molecule has 7 heteroatoms. The average Bonchev–Trinajstić information content (AvgIpc) is 3.09. The zero-order valence-electron chi connectivity index (χ0n) is 15.5. The van der Waals surface area contributed by atoms with Crippen LogP contribution in [0.4, 0.5) is 11.4 Å². The van der Waals surface area contributed by atoms with Crippen LogP contribution in [0.15, 0.2) is 42.5 Å². The monoisotopic (exact) mass is 369 g/mol. The molecular formula is C20H23N3O4. The van der Waals surface area contributed by atoms with Gasteiger partial charge >= 0.3 is 0 Å². The van der Waals surface area contributed by atoms with Gasteiger partial charge in [-0.25, -0.2) is 0 Å². The Kier molecular flexibility index (Phi) is 5.93. The van der Waals surface area contributed by atoms with Gasteiger partial charge in [0.2, 0.25) is 18.6 Å². The van der Waals surface area contributed by atoms with Crippen LogP contribution in [0.25, 0.3) is 0 Å². The molecule has 0 atom stereocenters. The predicted octanol–water partition coefficient (Wildman–Crippen LogP) is 2.49. The molecule has 27 heavy (non-hydrogen) atoms. The van der Waals surface area contributed by atoms with Crippen molar-refractivity contribution in [1.82, 2.24) is 4.90 Å².